The van der Waals surface area contributed by atoms with Crippen LogP contribution in [0.25, 0.3) is 16.6 Å². The molecular formula is C20H16FN5O2. The molecule has 0 unspecified atom stereocenters. The number of rotatable bonds is 4. The molecule has 0 aliphatic carbocycles. The molecule has 0 radical (unpaired) electrons. The predicted octanol–water partition coefficient (Wildman–Crippen LogP) is 2.67. The summed E-state index contributed by atoms with van der Waals surface area (Å²) in [7, 11) is 0. The number of aryl methyl sites for hydroxylation is 1. The molecule has 2 heterocycles. The van der Waals surface area contributed by atoms with Crippen molar-refractivity contribution in [1.29, 1.82) is 0 Å². The van der Waals surface area contributed by atoms with E-state index in [-0.39, 0.29) is 23.8 Å². The number of hydrogen-bond donors (Lipinski definition) is 1. The summed E-state index contributed by atoms with van der Waals surface area (Å²) in [6, 6.07) is 14.6. The van der Waals surface area contributed by atoms with E-state index >= 15 is 0 Å². The average molecular weight is 377 g/mol. The third kappa shape index (κ3) is 3.27. The molecule has 0 aliphatic rings. The lowest BCUT2D eigenvalue weighted by atomic mass is 10.2. The Morgan fingerprint density at radius 1 is 1.11 bits per heavy atom. The van der Waals surface area contributed by atoms with Crippen molar-refractivity contribution >= 4 is 22.5 Å². The van der Waals surface area contributed by atoms with Crippen molar-refractivity contribution in [2.45, 2.75) is 13.5 Å². The highest BCUT2D eigenvalue weighted by Gasteiger charge is 2.16. The normalized spacial score (nSPS) is 10.9. The molecule has 2 aromatic heterocycles. The van der Waals surface area contributed by atoms with Gasteiger partial charge in [-0.15, -0.1) is 0 Å². The maximum atomic E-state index is 13.2. The number of benzene rings is 2. The maximum absolute atomic E-state index is 13.2. The van der Waals surface area contributed by atoms with Crippen LogP contribution in [0.5, 0.6) is 0 Å². The van der Waals surface area contributed by atoms with Crippen molar-refractivity contribution in [3.8, 4) is 5.69 Å². The standard InChI is InChI=1S/C20H16FN5O2/c1-13-17-11-22-26(16-9-7-14(21)8-10-16)19(17)20(28)25(24-13)12-18(27)23-15-5-3-2-4-6-15/h2-11H,12H2,1H3,(H,23,27). The largest absolute Gasteiger partial charge is 0.324 e. The van der Waals surface area contributed by atoms with E-state index in [9.17, 15) is 14.0 Å². The van der Waals surface area contributed by atoms with Crippen LogP contribution in [0.15, 0.2) is 65.6 Å². The Kier molecular flexibility index (Phi) is 4.44. The number of carbonyl (C=O) groups excluding carboxylic acids is 1. The second-order valence-electron chi connectivity index (χ2n) is 6.26. The summed E-state index contributed by atoms with van der Waals surface area (Å²) in [4.78, 5) is 25.3. The second-order valence-corrected chi connectivity index (χ2v) is 6.26. The SMILES string of the molecule is Cc1nn(CC(=O)Nc2ccccc2)c(=O)c2c1cnn2-c1ccc(F)cc1. The fourth-order valence-electron chi connectivity index (χ4n) is 2.96. The van der Waals surface area contributed by atoms with Crippen molar-refractivity contribution in [2.24, 2.45) is 0 Å². The van der Waals surface area contributed by atoms with Crippen molar-refractivity contribution in [3.05, 3.63) is 82.7 Å². The third-order valence-corrected chi connectivity index (χ3v) is 4.29. The molecule has 0 saturated heterocycles. The van der Waals surface area contributed by atoms with Gasteiger partial charge in [-0.2, -0.15) is 10.2 Å². The molecular weight excluding hydrogens is 361 g/mol. The molecule has 8 heteroatoms. The first-order valence-corrected chi connectivity index (χ1v) is 8.59. The van der Waals surface area contributed by atoms with Crippen LogP contribution in [-0.4, -0.2) is 25.5 Å². The van der Waals surface area contributed by atoms with Gasteiger partial charge in [0.05, 0.1) is 17.6 Å². The van der Waals surface area contributed by atoms with Crippen LogP contribution < -0.4 is 10.9 Å². The third-order valence-electron chi connectivity index (χ3n) is 4.29. The van der Waals surface area contributed by atoms with Crippen molar-refractivity contribution < 1.29 is 9.18 Å². The molecule has 1 amide bonds. The smallest absolute Gasteiger partial charge is 0.293 e. The Balaban J connectivity index is 1.73. The molecule has 2 aromatic carbocycles. The highest BCUT2D eigenvalue weighted by molar-refractivity contribution is 5.90. The van der Waals surface area contributed by atoms with Crippen LogP contribution in [-0.2, 0) is 11.3 Å². The summed E-state index contributed by atoms with van der Waals surface area (Å²) < 4.78 is 15.8. The molecule has 28 heavy (non-hydrogen) atoms. The lowest BCUT2D eigenvalue weighted by Gasteiger charge is -2.09. The van der Waals surface area contributed by atoms with Gasteiger partial charge in [-0.25, -0.2) is 13.8 Å². The van der Waals surface area contributed by atoms with Gasteiger partial charge in [0.2, 0.25) is 5.91 Å². The van der Waals surface area contributed by atoms with E-state index in [1.165, 1.54) is 35.1 Å². The van der Waals surface area contributed by atoms with Gasteiger partial charge in [0, 0.05) is 11.1 Å². The quantitative estimate of drug-likeness (QED) is 0.593. The lowest BCUT2D eigenvalue weighted by Crippen LogP contribution is -2.31. The van der Waals surface area contributed by atoms with Gasteiger partial charge < -0.3 is 5.32 Å². The molecule has 140 valence electrons. The van der Waals surface area contributed by atoms with Crippen molar-refractivity contribution in [1.82, 2.24) is 19.6 Å². The Hall–Kier alpha value is -3.81. The first-order valence-electron chi connectivity index (χ1n) is 8.59. The molecule has 0 saturated carbocycles. The number of hydrogen-bond acceptors (Lipinski definition) is 4. The number of halogens is 1. The molecule has 0 fully saturated rings. The van der Waals surface area contributed by atoms with Crippen LogP contribution >= 0.6 is 0 Å². The monoisotopic (exact) mass is 377 g/mol. The van der Waals surface area contributed by atoms with Crippen LogP contribution in [0.3, 0.4) is 0 Å². The number of anilines is 1. The molecule has 4 rings (SSSR count). The summed E-state index contributed by atoms with van der Waals surface area (Å²) in [5.41, 5.74) is 1.57. The molecule has 1 N–H and O–H groups in total. The number of fused-ring (bicyclic) bond motifs is 1. The van der Waals surface area contributed by atoms with Crippen molar-refractivity contribution in [2.75, 3.05) is 5.32 Å². The van der Waals surface area contributed by atoms with Gasteiger partial charge >= 0.3 is 0 Å². The minimum absolute atomic E-state index is 0.237. The minimum atomic E-state index is -0.453. The maximum Gasteiger partial charge on any atom is 0.293 e. The molecule has 0 atom stereocenters. The van der Waals surface area contributed by atoms with Crippen LogP contribution in [0.1, 0.15) is 5.69 Å². The van der Waals surface area contributed by atoms with E-state index in [0.29, 0.717) is 22.5 Å². The Morgan fingerprint density at radius 2 is 1.82 bits per heavy atom. The molecule has 0 aliphatic heterocycles. The van der Waals surface area contributed by atoms with E-state index in [2.05, 4.69) is 15.5 Å². The minimum Gasteiger partial charge on any atom is -0.324 e. The number of carbonyl (C=O) groups is 1. The van der Waals surface area contributed by atoms with Gasteiger partial charge in [-0.1, -0.05) is 18.2 Å². The van der Waals surface area contributed by atoms with Gasteiger partial charge in [0.15, 0.2) is 0 Å². The highest BCUT2D eigenvalue weighted by atomic mass is 19.1. The zero-order chi connectivity index (χ0) is 19.7. The topological polar surface area (TPSA) is 81.8 Å². The van der Waals surface area contributed by atoms with Crippen LogP contribution in [0.4, 0.5) is 10.1 Å². The fraction of sp³-hybridized carbons (Fsp3) is 0.100. The second kappa shape index (κ2) is 7.07. The first-order chi connectivity index (χ1) is 13.5. The molecule has 4 aromatic rings. The summed E-state index contributed by atoms with van der Waals surface area (Å²) in [5, 5.41) is 11.8. The van der Waals surface area contributed by atoms with Gasteiger partial charge in [-0.3, -0.25) is 9.59 Å². The Bertz CT molecular complexity index is 1210. The summed E-state index contributed by atoms with van der Waals surface area (Å²) in [6.07, 6.45) is 1.54. The molecule has 7 nitrogen and oxygen atoms in total. The van der Waals surface area contributed by atoms with E-state index in [0.717, 1.165) is 4.68 Å². The Labute approximate surface area is 159 Å². The lowest BCUT2D eigenvalue weighted by molar-refractivity contribution is -0.117. The summed E-state index contributed by atoms with van der Waals surface area (Å²) in [5.74, 6) is -0.750. The average Bonchev–Trinajstić information content (AvgIpc) is 3.13. The van der Waals surface area contributed by atoms with Crippen molar-refractivity contribution in [3.63, 3.8) is 0 Å². The van der Waals surface area contributed by atoms with Crippen LogP contribution in [0.2, 0.25) is 0 Å². The van der Waals surface area contributed by atoms with E-state index in [1.807, 2.05) is 6.07 Å². The number of nitrogens with zero attached hydrogens (tertiary/aromatic N) is 4. The van der Waals surface area contributed by atoms with Crippen LogP contribution in [0, 0.1) is 12.7 Å². The van der Waals surface area contributed by atoms with E-state index < -0.39 is 5.56 Å². The fourth-order valence-corrected chi connectivity index (χ4v) is 2.96. The predicted molar refractivity (Wildman–Crippen MR) is 103 cm³/mol. The number of amides is 1. The number of aromatic nitrogens is 4. The molecule has 0 spiro atoms. The first kappa shape index (κ1) is 17.6. The Morgan fingerprint density at radius 3 is 2.54 bits per heavy atom. The number of para-hydroxylation sites is 1. The highest BCUT2D eigenvalue weighted by Crippen LogP contribution is 2.17. The van der Waals surface area contributed by atoms with Gasteiger partial charge in [0.1, 0.15) is 17.9 Å². The van der Waals surface area contributed by atoms with E-state index in [4.69, 9.17) is 0 Å². The van der Waals surface area contributed by atoms with Gasteiger partial charge in [-0.05, 0) is 43.3 Å². The summed E-state index contributed by atoms with van der Waals surface area (Å²) >= 11 is 0. The zero-order valence-corrected chi connectivity index (χ0v) is 15.0. The molecule has 0 bridgehead atoms. The number of nitrogens with one attached hydrogen (secondary N) is 1. The summed E-state index contributed by atoms with van der Waals surface area (Å²) in [6.45, 7) is 1.50. The van der Waals surface area contributed by atoms with Gasteiger partial charge in [0.25, 0.3) is 5.56 Å². The van der Waals surface area contributed by atoms with E-state index in [1.54, 1.807) is 31.2 Å². The zero-order valence-electron chi connectivity index (χ0n) is 15.0.